The monoisotopic (exact) mass is 308 g/mol. The van der Waals surface area contributed by atoms with Crippen LogP contribution in [0.2, 0.25) is 0 Å². The van der Waals surface area contributed by atoms with Gasteiger partial charge in [-0.3, -0.25) is 4.79 Å². The second-order valence-electron chi connectivity index (χ2n) is 5.52. The minimum atomic E-state index is -0.847. The zero-order chi connectivity index (χ0) is 16.4. The molecule has 1 N–H and O–H groups in total. The Morgan fingerprint density at radius 1 is 1.09 bits per heavy atom. The molecule has 0 saturated heterocycles. The highest BCUT2D eigenvalue weighted by atomic mass is 16.4. The van der Waals surface area contributed by atoms with E-state index >= 15 is 0 Å². The summed E-state index contributed by atoms with van der Waals surface area (Å²) in [5.74, 6) is -0.847. The molecule has 0 spiro atoms. The van der Waals surface area contributed by atoms with E-state index in [0.29, 0.717) is 12.0 Å². The molecule has 0 unspecified atom stereocenters. The third-order valence-electron chi connectivity index (χ3n) is 3.87. The fraction of sp³-hybridized carbons (Fsp3) is 0.158. The van der Waals surface area contributed by atoms with Crippen LogP contribution in [0.5, 0.6) is 0 Å². The van der Waals surface area contributed by atoms with Crippen LogP contribution in [0.3, 0.4) is 0 Å². The maximum atomic E-state index is 11.9. The lowest BCUT2D eigenvalue weighted by Gasteiger charge is -2.09. The van der Waals surface area contributed by atoms with Crippen LogP contribution in [-0.4, -0.2) is 11.1 Å². The van der Waals surface area contributed by atoms with Gasteiger partial charge < -0.3 is 9.52 Å². The van der Waals surface area contributed by atoms with Crippen molar-refractivity contribution < 1.29 is 14.3 Å². The van der Waals surface area contributed by atoms with Gasteiger partial charge >= 0.3 is 11.6 Å². The van der Waals surface area contributed by atoms with Gasteiger partial charge in [0.15, 0.2) is 0 Å². The summed E-state index contributed by atoms with van der Waals surface area (Å²) in [5.41, 5.74) is 3.81. The van der Waals surface area contributed by atoms with Crippen LogP contribution in [0.15, 0.2) is 57.7 Å². The largest absolute Gasteiger partial charge is 0.481 e. The van der Waals surface area contributed by atoms with E-state index in [0.717, 1.165) is 27.6 Å². The Kier molecular flexibility index (Phi) is 3.98. The Morgan fingerprint density at radius 2 is 1.87 bits per heavy atom. The van der Waals surface area contributed by atoms with Crippen LogP contribution in [0.1, 0.15) is 17.5 Å². The van der Waals surface area contributed by atoms with Crippen LogP contribution in [0, 0.1) is 6.92 Å². The molecule has 0 aliphatic rings. The van der Waals surface area contributed by atoms with Gasteiger partial charge in [0.2, 0.25) is 0 Å². The van der Waals surface area contributed by atoms with Gasteiger partial charge in [0.25, 0.3) is 0 Å². The first-order valence-corrected chi connectivity index (χ1v) is 7.39. The first kappa shape index (κ1) is 15.0. The summed E-state index contributed by atoms with van der Waals surface area (Å²) < 4.78 is 5.31. The van der Waals surface area contributed by atoms with Crippen LogP contribution in [-0.2, 0) is 11.2 Å². The van der Waals surface area contributed by atoms with Gasteiger partial charge in [-0.2, -0.15) is 0 Å². The Balaban J connectivity index is 2.15. The molecule has 0 bridgehead atoms. The van der Waals surface area contributed by atoms with E-state index in [4.69, 9.17) is 9.52 Å². The molecular weight excluding hydrogens is 292 g/mol. The third kappa shape index (κ3) is 3.16. The molecule has 1 aromatic heterocycles. The van der Waals surface area contributed by atoms with Crippen LogP contribution in [0.25, 0.3) is 22.1 Å². The summed E-state index contributed by atoms with van der Waals surface area (Å²) in [6, 6.07) is 14.9. The molecule has 116 valence electrons. The molecule has 2 aromatic carbocycles. The quantitative estimate of drug-likeness (QED) is 0.745. The minimum Gasteiger partial charge on any atom is -0.481 e. The lowest BCUT2D eigenvalue weighted by atomic mass is 9.97. The zero-order valence-corrected chi connectivity index (χ0v) is 12.7. The zero-order valence-electron chi connectivity index (χ0n) is 12.7. The van der Waals surface area contributed by atoms with Crippen molar-refractivity contribution in [3.8, 4) is 11.1 Å². The van der Waals surface area contributed by atoms with Gasteiger partial charge in [-0.05, 0) is 36.1 Å². The molecule has 1 heterocycles. The molecule has 4 heteroatoms. The van der Waals surface area contributed by atoms with E-state index in [1.807, 2.05) is 43.3 Å². The van der Waals surface area contributed by atoms with E-state index in [-0.39, 0.29) is 6.42 Å². The van der Waals surface area contributed by atoms with E-state index in [2.05, 4.69) is 0 Å². The number of fused-ring (bicyclic) bond motifs is 1. The van der Waals surface area contributed by atoms with Crippen LogP contribution >= 0.6 is 0 Å². The maximum absolute atomic E-state index is 11.9. The fourth-order valence-corrected chi connectivity index (χ4v) is 2.71. The van der Waals surface area contributed by atoms with Crippen LogP contribution in [0.4, 0.5) is 0 Å². The van der Waals surface area contributed by atoms with E-state index in [9.17, 15) is 9.59 Å². The third-order valence-corrected chi connectivity index (χ3v) is 3.87. The summed E-state index contributed by atoms with van der Waals surface area (Å²) in [6.07, 6.45) is 0.455. The topological polar surface area (TPSA) is 67.5 Å². The Bertz CT molecular complexity index is 937. The number of aryl methyl sites for hydroxylation is 2. The summed E-state index contributed by atoms with van der Waals surface area (Å²) in [6.45, 7) is 2.00. The fourth-order valence-electron chi connectivity index (χ4n) is 2.71. The highest BCUT2D eigenvalue weighted by Gasteiger charge is 2.10. The summed E-state index contributed by atoms with van der Waals surface area (Å²) in [5, 5.41) is 9.63. The first-order chi connectivity index (χ1) is 11.0. The highest BCUT2D eigenvalue weighted by molar-refractivity contribution is 5.94. The SMILES string of the molecule is Cc1ccccc1-c1cc(=O)oc2cc(CCC(=O)O)ccc12. The molecule has 0 fully saturated rings. The van der Waals surface area contributed by atoms with Gasteiger partial charge in [-0.1, -0.05) is 36.4 Å². The van der Waals surface area contributed by atoms with Crippen LogP contribution < -0.4 is 5.63 Å². The van der Waals surface area contributed by atoms with Crippen molar-refractivity contribution in [1.82, 2.24) is 0 Å². The summed E-state index contributed by atoms with van der Waals surface area (Å²) >= 11 is 0. The second-order valence-corrected chi connectivity index (χ2v) is 5.52. The molecule has 0 amide bonds. The summed E-state index contributed by atoms with van der Waals surface area (Å²) in [7, 11) is 0. The predicted octanol–water partition coefficient (Wildman–Crippen LogP) is 3.79. The smallest absolute Gasteiger partial charge is 0.336 e. The molecule has 0 aliphatic heterocycles. The lowest BCUT2D eigenvalue weighted by molar-refractivity contribution is -0.136. The molecule has 3 aromatic rings. The standard InChI is InChI=1S/C19H16O4/c1-12-4-2-3-5-14(12)16-11-19(22)23-17-10-13(6-8-15(16)17)7-9-18(20)21/h2-6,8,10-11H,7,9H2,1H3,(H,20,21). The average Bonchev–Trinajstić information content (AvgIpc) is 2.52. The molecular formula is C19H16O4. The van der Waals surface area contributed by atoms with Gasteiger partial charge in [0.1, 0.15) is 5.58 Å². The van der Waals surface area contributed by atoms with Gasteiger partial charge in [0.05, 0.1) is 0 Å². The number of carboxylic acid groups (broad SMARTS) is 1. The number of aliphatic carboxylic acids is 1. The number of carbonyl (C=O) groups is 1. The predicted molar refractivity (Wildman–Crippen MR) is 88.6 cm³/mol. The normalized spacial score (nSPS) is 10.8. The Labute approximate surface area is 133 Å². The summed E-state index contributed by atoms with van der Waals surface area (Å²) in [4.78, 5) is 22.6. The van der Waals surface area contributed by atoms with Gasteiger partial charge in [-0.25, -0.2) is 4.79 Å². The molecule has 0 atom stereocenters. The highest BCUT2D eigenvalue weighted by Crippen LogP contribution is 2.30. The Morgan fingerprint density at radius 3 is 2.61 bits per heavy atom. The van der Waals surface area contributed by atoms with Gasteiger partial charge in [-0.15, -0.1) is 0 Å². The molecule has 0 saturated carbocycles. The van der Waals surface area contributed by atoms with E-state index < -0.39 is 11.6 Å². The van der Waals surface area contributed by atoms with E-state index in [1.54, 1.807) is 6.07 Å². The number of carboxylic acids is 1. The lowest BCUT2D eigenvalue weighted by Crippen LogP contribution is -2.00. The minimum absolute atomic E-state index is 0.0488. The first-order valence-electron chi connectivity index (χ1n) is 7.39. The molecule has 0 aliphatic carbocycles. The van der Waals surface area contributed by atoms with Crippen molar-refractivity contribution in [2.24, 2.45) is 0 Å². The van der Waals surface area contributed by atoms with Crippen molar-refractivity contribution in [2.45, 2.75) is 19.8 Å². The van der Waals surface area contributed by atoms with Crippen molar-refractivity contribution >= 4 is 16.9 Å². The van der Waals surface area contributed by atoms with Crippen molar-refractivity contribution in [3.05, 3.63) is 70.1 Å². The molecule has 4 nitrogen and oxygen atoms in total. The molecule has 23 heavy (non-hydrogen) atoms. The number of hydrogen-bond donors (Lipinski definition) is 1. The number of rotatable bonds is 4. The van der Waals surface area contributed by atoms with Crippen molar-refractivity contribution in [3.63, 3.8) is 0 Å². The maximum Gasteiger partial charge on any atom is 0.336 e. The average molecular weight is 308 g/mol. The molecule has 0 radical (unpaired) electrons. The number of hydrogen-bond acceptors (Lipinski definition) is 3. The number of benzene rings is 2. The van der Waals surface area contributed by atoms with Gasteiger partial charge in [0, 0.05) is 23.4 Å². The van der Waals surface area contributed by atoms with E-state index in [1.165, 1.54) is 6.07 Å². The van der Waals surface area contributed by atoms with Crippen molar-refractivity contribution in [2.75, 3.05) is 0 Å². The Hall–Kier alpha value is -2.88. The second kappa shape index (κ2) is 6.08. The van der Waals surface area contributed by atoms with Crippen molar-refractivity contribution in [1.29, 1.82) is 0 Å². The molecule has 3 rings (SSSR count).